The second kappa shape index (κ2) is 2.10. The number of nitrogens with zero attached hydrogens (tertiary/aromatic N) is 1. The van der Waals surface area contributed by atoms with Gasteiger partial charge >= 0.3 is 0 Å². The van der Waals surface area contributed by atoms with Crippen LogP contribution in [0.2, 0.25) is 0 Å². The van der Waals surface area contributed by atoms with Gasteiger partial charge in [-0.25, -0.2) is 0 Å². The van der Waals surface area contributed by atoms with Crippen LogP contribution in [0.15, 0.2) is 30.5 Å². The smallest absolute Gasteiger partial charge is 0.0892 e. The lowest BCUT2D eigenvalue weighted by Crippen LogP contribution is -1.72. The Bertz CT molecular complexity index is 276. The zero-order valence-corrected chi connectivity index (χ0v) is 5.33. The molecule has 0 bridgehead atoms. The molecule has 0 spiro atoms. The number of pyridine rings is 1. The van der Waals surface area contributed by atoms with Crippen LogP contribution in [-0.2, 0) is 0 Å². The van der Waals surface area contributed by atoms with Gasteiger partial charge in [0.1, 0.15) is 0 Å². The predicted octanol–water partition coefficient (Wildman–Crippen LogP) is 1.84. The molecule has 2 aromatic rings. The van der Waals surface area contributed by atoms with Gasteiger partial charge in [-0.15, -0.1) is 0 Å². The molecule has 0 N–H and O–H groups in total. The van der Waals surface area contributed by atoms with Crippen LogP contribution in [0.25, 0.3) is 10.8 Å². The first kappa shape index (κ1) is 5.42. The molecular formula is C9H5N. The number of hydrogen-bond acceptors (Lipinski definition) is 1. The van der Waals surface area contributed by atoms with Crippen molar-refractivity contribution in [1.29, 1.82) is 0 Å². The maximum Gasteiger partial charge on any atom is 0.0892 e. The minimum absolute atomic E-state index is 1.11. The first-order valence-electron chi connectivity index (χ1n) is 3.09. The molecule has 1 aromatic heterocycles. The highest BCUT2D eigenvalue weighted by molar-refractivity contribution is 5.80. The maximum absolute atomic E-state index is 3.87. The van der Waals surface area contributed by atoms with Crippen LogP contribution in [0.5, 0.6) is 0 Å². The summed E-state index contributed by atoms with van der Waals surface area (Å²) in [6, 6.07) is 10.6. The van der Waals surface area contributed by atoms with E-state index in [1.165, 1.54) is 0 Å². The molecule has 1 heteroatoms. The molecule has 0 saturated carbocycles. The van der Waals surface area contributed by atoms with Gasteiger partial charge < -0.3 is 0 Å². The summed E-state index contributed by atoms with van der Waals surface area (Å²) in [6.45, 7) is 0. The van der Waals surface area contributed by atoms with E-state index in [1.54, 1.807) is 6.20 Å². The Morgan fingerprint density at radius 1 is 1.20 bits per heavy atom. The highest BCUT2D eigenvalue weighted by atomic mass is 14.6. The minimum atomic E-state index is 1.11. The standard InChI is InChI=1S/C9H5N/c1-2-4-9-7-10-6-5-8(9)3-1/h1,3-5,7H. The van der Waals surface area contributed by atoms with E-state index in [9.17, 15) is 0 Å². The van der Waals surface area contributed by atoms with Crippen molar-refractivity contribution in [2.24, 2.45) is 0 Å². The van der Waals surface area contributed by atoms with Crippen LogP contribution in [0, 0.1) is 12.3 Å². The summed E-state index contributed by atoms with van der Waals surface area (Å²) >= 11 is 0. The van der Waals surface area contributed by atoms with Gasteiger partial charge in [-0.05, 0) is 23.6 Å². The summed E-state index contributed by atoms with van der Waals surface area (Å²) in [5, 5.41) is 2.27. The Kier molecular flexibility index (Phi) is 1.14. The van der Waals surface area contributed by atoms with Gasteiger partial charge in [0, 0.05) is 11.6 Å². The normalized spacial score (nSPS) is 10.0. The topological polar surface area (TPSA) is 12.9 Å². The first-order valence-corrected chi connectivity index (χ1v) is 3.09. The third-order valence-electron chi connectivity index (χ3n) is 1.43. The molecule has 1 nitrogen and oxygen atoms in total. The molecule has 0 atom stereocenters. The Hall–Kier alpha value is -1.37. The first-order chi connectivity index (χ1) is 4.97. The van der Waals surface area contributed by atoms with Crippen molar-refractivity contribution in [2.45, 2.75) is 0 Å². The van der Waals surface area contributed by atoms with Gasteiger partial charge in [0.05, 0.1) is 6.20 Å². The zero-order chi connectivity index (χ0) is 6.81. The Labute approximate surface area is 59.3 Å². The molecule has 2 rings (SSSR count). The molecular weight excluding hydrogens is 122 g/mol. The highest BCUT2D eigenvalue weighted by Gasteiger charge is 1.86. The van der Waals surface area contributed by atoms with Crippen molar-refractivity contribution in [3.05, 3.63) is 42.7 Å². The molecule has 2 radical (unpaired) electrons. The SMILES string of the molecule is [c]1ccc2c[c]ncc2c1. The second-order valence-electron chi connectivity index (χ2n) is 2.09. The predicted molar refractivity (Wildman–Crippen MR) is 39.4 cm³/mol. The van der Waals surface area contributed by atoms with Crippen molar-refractivity contribution in [2.75, 3.05) is 0 Å². The van der Waals surface area contributed by atoms with Gasteiger partial charge in [-0.3, -0.25) is 4.98 Å². The average molecular weight is 127 g/mol. The molecule has 0 amide bonds. The van der Waals surface area contributed by atoms with E-state index in [0.29, 0.717) is 0 Å². The lowest BCUT2D eigenvalue weighted by atomic mass is 10.2. The van der Waals surface area contributed by atoms with Crippen LogP contribution in [0.1, 0.15) is 0 Å². The molecule has 1 aromatic carbocycles. The summed E-state index contributed by atoms with van der Waals surface area (Å²) in [7, 11) is 0. The minimum Gasteiger partial charge on any atom is -0.254 e. The van der Waals surface area contributed by atoms with E-state index in [4.69, 9.17) is 0 Å². The van der Waals surface area contributed by atoms with E-state index < -0.39 is 0 Å². The van der Waals surface area contributed by atoms with Gasteiger partial charge in [0.25, 0.3) is 0 Å². The number of benzene rings is 1. The Morgan fingerprint density at radius 2 is 2.20 bits per heavy atom. The molecule has 10 heavy (non-hydrogen) atoms. The van der Waals surface area contributed by atoms with Crippen molar-refractivity contribution in [1.82, 2.24) is 4.98 Å². The van der Waals surface area contributed by atoms with Crippen LogP contribution in [-0.4, -0.2) is 4.98 Å². The maximum atomic E-state index is 3.87. The van der Waals surface area contributed by atoms with Crippen molar-refractivity contribution < 1.29 is 0 Å². The molecule has 0 unspecified atom stereocenters. The van der Waals surface area contributed by atoms with Crippen molar-refractivity contribution in [3.8, 4) is 0 Å². The third kappa shape index (κ3) is 0.760. The molecule has 0 saturated heterocycles. The van der Waals surface area contributed by atoms with E-state index in [1.807, 2.05) is 24.3 Å². The van der Waals surface area contributed by atoms with Crippen LogP contribution in [0.3, 0.4) is 0 Å². The largest absolute Gasteiger partial charge is 0.254 e. The molecule has 46 valence electrons. The summed E-state index contributed by atoms with van der Waals surface area (Å²) in [5.74, 6) is 0. The fraction of sp³-hybridized carbons (Fsp3) is 0. The summed E-state index contributed by atoms with van der Waals surface area (Å²) in [6.07, 6.45) is 4.56. The number of aromatic nitrogens is 1. The number of hydrogen-bond donors (Lipinski definition) is 0. The Morgan fingerprint density at radius 3 is 3.10 bits per heavy atom. The van der Waals surface area contributed by atoms with Gasteiger partial charge in [0.15, 0.2) is 0 Å². The molecule has 0 fully saturated rings. The highest BCUT2D eigenvalue weighted by Crippen LogP contribution is 2.08. The van der Waals surface area contributed by atoms with Gasteiger partial charge in [-0.2, -0.15) is 0 Å². The van der Waals surface area contributed by atoms with Crippen molar-refractivity contribution >= 4 is 10.8 Å². The molecule has 0 aliphatic carbocycles. The van der Waals surface area contributed by atoms with E-state index >= 15 is 0 Å². The summed E-state index contributed by atoms with van der Waals surface area (Å²) in [5.41, 5.74) is 0. The number of rotatable bonds is 0. The molecule has 0 aliphatic heterocycles. The summed E-state index contributed by atoms with van der Waals surface area (Å²) in [4.78, 5) is 3.87. The van der Waals surface area contributed by atoms with Crippen LogP contribution >= 0.6 is 0 Å². The van der Waals surface area contributed by atoms with Crippen LogP contribution < -0.4 is 0 Å². The van der Waals surface area contributed by atoms with Gasteiger partial charge in [0.2, 0.25) is 0 Å². The van der Waals surface area contributed by atoms with E-state index in [2.05, 4.69) is 17.2 Å². The van der Waals surface area contributed by atoms with E-state index in [0.717, 1.165) is 10.8 Å². The lowest BCUT2D eigenvalue weighted by Gasteiger charge is -1.90. The van der Waals surface area contributed by atoms with E-state index in [-0.39, 0.29) is 0 Å². The van der Waals surface area contributed by atoms with Crippen molar-refractivity contribution in [3.63, 3.8) is 0 Å². The average Bonchev–Trinajstić information content (AvgIpc) is 2.05. The lowest BCUT2D eigenvalue weighted by molar-refractivity contribution is 1.35. The zero-order valence-electron chi connectivity index (χ0n) is 5.33. The second-order valence-corrected chi connectivity index (χ2v) is 2.09. The summed E-state index contributed by atoms with van der Waals surface area (Å²) < 4.78 is 0. The van der Waals surface area contributed by atoms with Crippen LogP contribution in [0.4, 0.5) is 0 Å². The number of fused-ring (bicyclic) bond motifs is 1. The Balaban J connectivity index is 2.89. The third-order valence-corrected chi connectivity index (χ3v) is 1.43. The monoisotopic (exact) mass is 127 g/mol. The quantitative estimate of drug-likeness (QED) is 0.526. The fourth-order valence-corrected chi connectivity index (χ4v) is 0.912. The van der Waals surface area contributed by atoms with Gasteiger partial charge in [-0.1, -0.05) is 12.1 Å². The molecule has 0 aliphatic rings. The fourth-order valence-electron chi connectivity index (χ4n) is 0.912. The molecule has 1 heterocycles.